The molecule has 0 heterocycles. The maximum absolute atomic E-state index is 12.2. The molecule has 1 saturated carbocycles. The Kier molecular flexibility index (Phi) is 5.01. The zero-order valence-corrected chi connectivity index (χ0v) is 12.1. The number of aliphatic hydroxyl groups is 1. The van der Waals surface area contributed by atoms with Crippen LogP contribution in [-0.2, 0) is 4.79 Å². The van der Waals surface area contributed by atoms with Gasteiger partial charge in [0.25, 0.3) is 0 Å². The monoisotopic (exact) mass is 277 g/mol. The summed E-state index contributed by atoms with van der Waals surface area (Å²) in [5, 5.41) is 12.6. The van der Waals surface area contributed by atoms with Gasteiger partial charge in [0, 0.05) is 6.04 Å². The highest BCUT2D eigenvalue weighted by molar-refractivity contribution is 5.83. The van der Waals surface area contributed by atoms with Crippen LogP contribution in [0.3, 0.4) is 0 Å². The Morgan fingerprint density at radius 1 is 1.25 bits per heavy atom. The van der Waals surface area contributed by atoms with Gasteiger partial charge < -0.3 is 15.2 Å². The quantitative estimate of drug-likeness (QED) is 0.887. The number of nitrogens with one attached hydrogen (secondary N) is 1. The minimum Gasteiger partial charge on any atom is -0.497 e. The van der Waals surface area contributed by atoms with E-state index in [1.54, 1.807) is 7.11 Å². The fourth-order valence-corrected chi connectivity index (χ4v) is 2.59. The molecular formula is C16H23NO3. The number of rotatable bonds is 4. The number of methoxy groups -OCH3 is 1. The van der Waals surface area contributed by atoms with Gasteiger partial charge in [0.05, 0.1) is 19.1 Å². The molecular weight excluding hydrogens is 254 g/mol. The molecule has 110 valence electrons. The number of aliphatic hydroxyl groups excluding tert-OH is 1. The zero-order chi connectivity index (χ0) is 14.5. The SMILES string of the molecule is COc1ccc(C(C)C(=O)NC2CCC(O)CC2)cc1. The van der Waals surface area contributed by atoms with Crippen molar-refractivity contribution in [3.63, 3.8) is 0 Å². The third-order valence-electron chi connectivity index (χ3n) is 4.05. The number of amides is 1. The van der Waals surface area contributed by atoms with Crippen molar-refractivity contribution in [2.24, 2.45) is 0 Å². The highest BCUT2D eigenvalue weighted by Gasteiger charge is 2.23. The van der Waals surface area contributed by atoms with Crippen LogP contribution in [0.15, 0.2) is 24.3 Å². The third-order valence-corrected chi connectivity index (χ3v) is 4.05. The average molecular weight is 277 g/mol. The molecule has 4 nitrogen and oxygen atoms in total. The van der Waals surface area contributed by atoms with Crippen molar-refractivity contribution in [2.45, 2.75) is 50.7 Å². The van der Waals surface area contributed by atoms with Crippen molar-refractivity contribution in [3.05, 3.63) is 29.8 Å². The van der Waals surface area contributed by atoms with E-state index >= 15 is 0 Å². The predicted octanol–water partition coefficient (Wildman–Crippen LogP) is 2.22. The van der Waals surface area contributed by atoms with E-state index in [9.17, 15) is 9.90 Å². The second-order valence-corrected chi connectivity index (χ2v) is 5.51. The predicted molar refractivity (Wildman–Crippen MR) is 77.8 cm³/mol. The van der Waals surface area contributed by atoms with Crippen molar-refractivity contribution in [1.29, 1.82) is 0 Å². The van der Waals surface area contributed by atoms with Crippen LogP contribution in [0.25, 0.3) is 0 Å². The molecule has 0 aromatic heterocycles. The molecule has 1 unspecified atom stereocenters. The van der Waals surface area contributed by atoms with Crippen LogP contribution in [0.2, 0.25) is 0 Å². The molecule has 1 aromatic rings. The lowest BCUT2D eigenvalue weighted by Crippen LogP contribution is -2.40. The second kappa shape index (κ2) is 6.75. The molecule has 1 amide bonds. The molecule has 0 radical (unpaired) electrons. The Morgan fingerprint density at radius 2 is 1.85 bits per heavy atom. The summed E-state index contributed by atoms with van der Waals surface area (Å²) in [6, 6.07) is 7.79. The fraction of sp³-hybridized carbons (Fsp3) is 0.562. The Bertz CT molecular complexity index is 436. The van der Waals surface area contributed by atoms with Crippen molar-refractivity contribution in [1.82, 2.24) is 5.32 Å². The van der Waals surface area contributed by atoms with Crippen LogP contribution in [0.4, 0.5) is 0 Å². The van der Waals surface area contributed by atoms with E-state index in [2.05, 4.69) is 5.32 Å². The van der Waals surface area contributed by atoms with Crippen molar-refractivity contribution in [2.75, 3.05) is 7.11 Å². The van der Waals surface area contributed by atoms with E-state index in [0.29, 0.717) is 0 Å². The summed E-state index contributed by atoms with van der Waals surface area (Å²) in [4.78, 5) is 12.2. The summed E-state index contributed by atoms with van der Waals surface area (Å²) in [5.41, 5.74) is 0.985. The van der Waals surface area contributed by atoms with Crippen molar-refractivity contribution < 1.29 is 14.6 Å². The summed E-state index contributed by atoms with van der Waals surface area (Å²) < 4.78 is 5.12. The number of carbonyl (C=O) groups excluding carboxylic acids is 1. The van der Waals surface area contributed by atoms with Gasteiger partial charge in [-0.25, -0.2) is 0 Å². The first kappa shape index (κ1) is 14.9. The standard InChI is InChI=1S/C16H23NO3/c1-11(12-3-9-15(20-2)10-4-12)16(19)17-13-5-7-14(18)8-6-13/h3-4,9-11,13-14,18H,5-8H2,1-2H3,(H,17,19). The van der Waals surface area contributed by atoms with E-state index in [0.717, 1.165) is 37.0 Å². The first-order valence-electron chi connectivity index (χ1n) is 7.22. The molecule has 4 heteroatoms. The first-order valence-corrected chi connectivity index (χ1v) is 7.22. The van der Waals surface area contributed by atoms with Gasteiger partial charge in [-0.15, -0.1) is 0 Å². The van der Waals surface area contributed by atoms with Gasteiger partial charge >= 0.3 is 0 Å². The minimum atomic E-state index is -0.192. The Balaban J connectivity index is 1.90. The summed E-state index contributed by atoms with van der Waals surface area (Å²) >= 11 is 0. The lowest BCUT2D eigenvalue weighted by molar-refractivity contribution is -0.123. The van der Waals surface area contributed by atoms with Crippen LogP contribution in [0, 0.1) is 0 Å². The van der Waals surface area contributed by atoms with Gasteiger partial charge in [-0.2, -0.15) is 0 Å². The molecule has 2 N–H and O–H groups in total. The highest BCUT2D eigenvalue weighted by atomic mass is 16.5. The molecule has 1 atom stereocenters. The third kappa shape index (κ3) is 3.73. The maximum atomic E-state index is 12.2. The molecule has 0 aliphatic heterocycles. The van der Waals surface area contributed by atoms with Crippen LogP contribution < -0.4 is 10.1 Å². The second-order valence-electron chi connectivity index (χ2n) is 5.51. The van der Waals surface area contributed by atoms with Crippen LogP contribution in [-0.4, -0.2) is 30.3 Å². The van der Waals surface area contributed by atoms with Crippen LogP contribution in [0.5, 0.6) is 5.75 Å². The van der Waals surface area contributed by atoms with Gasteiger partial charge in [0.1, 0.15) is 5.75 Å². The van der Waals surface area contributed by atoms with E-state index in [-0.39, 0.29) is 24.0 Å². The first-order chi connectivity index (χ1) is 9.60. The van der Waals surface area contributed by atoms with Gasteiger partial charge in [-0.3, -0.25) is 4.79 Å². The molecule has 0 spiro atoms. The van der Waals surface area contributed by atoms with Crippen molar-refractivity contribution >= 4 is 5.91 Å². The Labute approximate surface area is 120 Å². The largest absolute Gasteiger partial charge is 0.497 e. The summed E-state index contributed by atoms with van der Waals surface area (Å²) in [5.74, 6) is 0.673. The lowest BCUT2D eigenvalue weighted by atomic mass is 9.92. The molecule has 1 aliphatic rings. The number of hydrogen-bond acceptors (Lipinski definition) is 3. The smallest absolute Gasteiger partial charge is 0.227 e. The van der Waals surface area contributed by atoms with E-state index in [1.807, 2.05) is 31.2 Å². The molecule has 2 rings (SSSR count). The molecule has 0 bridgehead atoms. The lowest BCUT2D eigenvalue weighted by Gasteiger charge is -2.27. The summed E-state index contributed by atoms with van der Waals surface area (Å²) in [7, 11) is 1.63. The maximum Gasteiger partial charge on any atom is 0.227 e. The van der Waals surface area contributed by atoms with Gasteiger partial charge in [0.2, 0.25) is 5.91 Å². The Morgan fingerprint density at radius 3 is 2.40 bits per heavy atom. The van der Waals surface area contributed by atoms with E-state index < -0.39 is 0 Å². The van der Waals surface area contributed by atoms with Crippen LogP contribution >= 0.6 is 0 Å². The van der Waals surface area contributed by atoms with Gasteiger partial charge in [-0.1, -0.05) is 12.1 Å². The van der Waals surface area contributed by atoms with Gasteiger partial charge in [-0.05, 0) is 50.3 Å². The highest BCUT2D eigenvalue weighted by Crippen LogP contribution is 2.22. The Hall–Kier alpha value is -1.55. The molecule has 1 aliphatic carbocycles. The number of ether oxygens (including phenoxy) is 1. The topological polar surface area (TPSA) is 58.6 Å². The molecule has 20 heavy (non-hydrogen) atoms. The van der Waals surface area contributed by atoms with E-state index in [4.69, 9.17) is 4.74 Å². The zero-order valence-electron chi connectivity index (χ0n) is 12.1. The minimum absolute atomic E-state index is 0.0524. The summed E-state index contributed by atoms with van der Waals surface area (Å²) in [6.45, 7) is 1.91. The normalized spacial score (nSPS) is 23.9. The van der Waals surface area contributed by atoms with Crippen molar-refractivity contribution in [3.8, 4) is 5.75 Å². The molecule has 1 fully saturated rings. The number of hydrogen-bond donors (Lipinski definition) is 2. The average Bonchev–Trinajstić information content (AvgIpc) is 2.49. The van der Waals surface area contributed by atoms with E-state index in [1.165, 1.54) is 0 Å². The number of carbonyl (C=O) groups is 1. The summed E-state index contributed by atoms with van der Waals surface area (Å²) in [6.07, 6.45) is 3.09. The van der Waals surface area contributed by atoms with Crippen LogP contribution in [0.1, 0.15) is 44.1 Å². The molecule has 0 saturated heterocycles. The molecule has 1 aromatic carbocycles. The number of benzene rings is 1. The fourth-order valence-electron chi connectivity index (χ4n) is 2.59. The van der Waals surface area contributed by atoms with Gasteiger partial charge in [0.15, 0.2) is 0 Å².